The number of nitrogens with one attached hydrogen (secondary N) is 1. The van der Waals surface area contributed by atoms with Crippen LogP contribution < -0.4 is 5.32 Å². The van der Waals surface area contributed by atoms with Gasteiger partial charge in [-0.1, -0.05) is 0 Å². The lowest BCUT2D eigenvalue weighted by Crippen LogP contribution is -2.21. The summed E-state index contributed by atoms with van der Waals surface area (Å²) in [4.78, 5) is 8.90. The van der Waals surface area contributed by atoms with Gasteiger partial charge in [-0.05, 0) is 7.05 Å². The van der Waals surface area contributed by atoms with Crippen LogP contribution in [0.3, 0.4) is 0 Å². The van der Waals surface area contributed by atoms with E-state index >= 15 is 0 Å². The highest BCUT2D eigenvalue weighted by Crippen LogP contribution is 2.13. The van der Waals surface area contributed by atoms with Crippen LogP contribution in [-0.2, 0) is 4.79 Å². The molecule has 12 heavy (non-hydrogen) atoms. The first kappa shape index (κ1) is 13.7. The van der Waals surface area contributed by atoms with Gasteiger partial charge in [0, 0.05) is 6.54 Å². The molecule has 0 amide bonds. The molecule has 0 spiro atoms. The van der Waals surface area contributed by atoms with E-state index in [1.165, 1.54) is 0 Å². The zero-order valence-electron chi connectivity index (χ0n) is 6.35. The van der Waals surface area contributed by atoms with Gasteiger partial charge in [0.25, 0.3) is 0 Å². The van der Waals surface area contributed by atoms with E-state index in [1.807, 2.05) is 0 Å². The second-order valence-electron chi connectivity index (χ2n) is 1.63. The maximum absolute atomic E-state index is 10.6. The molecule has 0 aromatic rings. The molecule has 7 heteroatoms. The van der Waals surface area contributed by atoms with Crippen molar-refractivity contribution < 1.29 is 28.2 Å². The monoisotopic (exact) mass is 189 g/mol. The Kier molecular flexibility index (Phi) is 7.86. The van der Waals surface area contributed by atoms with E-state index in [-0.39, 0.29) is 6.61 Å². The number of carbonyl (C=O) groups is 1. The molecule has 0 atom stereocenters. The number of hydrogen-bond acceptors (Lipinski definition) is 3. The van der Waals surface area contributed by atoms with Crippen LogP contribution in [-0.4, -0.2) is 42.6 Å². The minimum Gasteiger partial charge on any atom is -0.475 e. The van der Waals surface area contributed by atoms with Crippen molar-refractivity contribution in [2.75, 3.05) is 20.2 Å². The lowest BCUT2D eigenvalue weighted by Gasteiger charge is -1.93. The third-order valence-electron chi connectivity index (χ3n) is 0.604. The maximum Gasteiger partial charge on any atom is 0.490 e. The Labute approximate surface area is 67.0 Å². The van der Waals surface area contributed by atoms with Crippen LogP contribution in [0.4, 0.5) is 13.2 Å². The standard InChI is InChI=1S/C3H9NO.C2HF3O2/c1-4-2-3-5;3-2(4,5)1(6)7/h4-5H,2-3H2,1H3;(H,6,7). The van der Waals surface area contributed by atoms with Crippen molar-refractivity contribution in [1.29, 1.82) is 0 Å². The van der Waals surface area contributed by atoms with Gasteiger partial charge in [-0.2, -0.15) is 13.2 Å². The summed E-state index contributed by atoms with van der Waals surface area (Å²) in [6, 6.07) is 0. The predicted molar refractivity (Wildman–Crippen MR) is 34.7 cm³/mol. The summed E-state index contributed by atoms with van der Waals surface area (Å²) in [7, 11) is 1.80. The number of aliphatic hydroxyl groups excluding tert-OH is 1. The van der Waals surface area contributed by atoms with Crippen molar-refractivity contribution in [1.82, 2.24) is 5.32 Å². The van der Waals surface area contributed by atoms with Gasteiger partial charge in [0.15, 0.2) is 0 Å². The third kappa shape index (κ3) is 11.9. The number of hydrogen-bond donors (Lipinski definition) is 3. The second kappa shape index (κ2) is 6.86. The second-order valence-corrected chi connectivity index (χ2v) is 1.63. The molecule has 3 N–H and O–H groups in total. The van der Waals surface area contributed by atoms with Crippen molar-refractivity contribution in [3.05, 3.63) is 0 Å². The zero-order chi connectivity index (χ0) is 10.2. The van der Waals surface area contributed by atoms with Crippen molar-refractivity contribution >= 4 is 5.97 Å². The highest BCUT2D eigenvalue weighted by Gasteiger charge is 2.38. The average Bonchev–Trinajstić information content (AvgIpc) is 1.88. The zero-order valence-corrected chi connectivity index (χ0v) is 6.35. The summed E-state index contributed by atoms with van der Waals surface area (Å²) >= 11 is 0. The van der Waals surface area contributed by atoms with Gasteiger partial charge >= 0.3 is 12.1 Å². The van der Waals surface area contributed by atoms with Crippen LogP contribution in [0.2, 0.25) is 0 Å². The van der Waals surface area contributed by atoms with E-state index in [0.717, 1.165) is 0 Å². The first-order valence-electron chi connectivity index (χ1n) is 2.91. The van der Waals surface area contributed by atoms with Gasteiger partial charge in [0.1, 0.15) is 0 Å². The minimum absolute atomic E-state index is 0.233. The summed E-state index contributed by atoms with van der Waals surface area (Å²) in [5.74, 6) is -2.76. The summed E-state index contributed by atoms with van der Waals surface area (Å²) in [5, 5.41) is 17.9. The van der Waals surface area contributed by atoms with Gasteiger partial charge < -0.3 is 15.5 Å². The molecule has 0 saturated heterocycles. The van der Waals surface area contributed by atoms with Crippen molar-refractivity contribution in [3.63, 3.8) is 0 Å². The molecule has 0 fully saturated rings. The van der Waals surface area contributed by atoms with Crippen LogP contribution in [0.15, 0.2) is 0 Å². The smallest absolute Gasteiger partial charge is 0.475 e. The molecule has 0 saturated carbocycles. The highest BCUT2D eigenvalue weighted by molar-refractivity contribution is 5.73. The topological polar surface area (TPSA) is 69.6 Å². The molecule has 4 nitrogen and oxygen atoms in total. The number of rotatable bonds is 2. The maximum atomic E-state index is 10.6. The quantitative estimate of drug-likeness (QED) is 0.564. The van der Waals surface area contributed by atoms with E-state index < -0.39 is 12.1 Å². The fourth-order valence-corrected chi connectivity index (χ4v) is 0.112. The average molecular weight is 189 g/mol. The highest BCUT2D eigenvalue weighted by atomic mass is 19.4. The fraction of sp³-hybridized carbons (Fsp3) is 0.800. The van der Waals surface area contributed by atoms with Crippen LogP contribution in [0.25, 0.3) is 0 Å². The van der Waals surface area contributed by atoms with E-state index in [4.69, 9.17) is 15.0 Å². The summed E-state index contributed by atoms with van der Waals surface area (Å²) in [6.07, 6.45) is -5.08. The Morgan fingerprint density at radius 1 is 1.50 bits per heavy atom. The molecule has 0 aliphatic rings. The Bertz CT molecular complexity index is 124. The Balaban J connectivity index is 0. The molecule has 0 aliphatic carbocycles. The largest absolute Gasteiger partial charge is 0.490 e. The van der Waals surface area contributed by atoms with Gasteiger partial charge in [-0.25, -0.2) is 4.79 Å². The van der Waals surface area contributed by atoms with Crippen LogP contribution in [0, 0.1) is 0 Å². The molecule has 0 bridgehead atoms. The molecule has 0 radical (unpaired) electrons. The van der Waals surface area contributed by atoms with Crippen LogP contribution in [0.1, 0.15) is 0 Å². The Morgan fingerprint density at radius 2 is 1.83 bits per heavy atom. The number of alkyl halides is 3. The van der Waals surface area contributed by atoms with Crippen LogP contribution >= 0.6 is 0 Å². The lowest BCUT2D eigenvalue weighted by atomic mass is 10.7. The van der Waals surface area contributed by atoms with Crippen molar-refractivity contribution in [2.45, 2.75) is 6.18 Å². The van der Waals surface area contributed by atoms with Gasteiger partial charge in [0.2, 0.25) is 0 Å². The van der Waals surface area contributed by atoms with Gasteiger partial charge in [-0.3, -0.25) is 0 Å². The molecule has 0 aromatic carbocycles. The van der Waals surface area contributed by atoms with E-state index in [9.17, 15) is 13.2 Å². The van der Waals surface area contributed by atoms with E-state index in [1.54, 1.807) is 7.05 Å². The van der Waals surface area contributed by atoms with Crippen LogP contribution in [0.5, 0.6) is 0 Å². The number of likely N-dealkylation sites (N-methyl/N-ethyl adjacent to an activating group) is 1. The first-order valence-corrected chi connectivity index (χ1v) is 2.91. The molecule has 74 valence electrons. The van der Waals surface area contributed by atoms with Gasteiger partial charge in [-0.15, -0.1) is 0 Å². The summed E-state index contributed by atoms with van der Waals surface area (Å²) < 4.78 is 31.7. The fourth-order valence-electron chi connectivity index (χ4n) is 0.112. The molecular formula is C5H10F3NO3. The number of halogens is 3. The third-order valence-corrected chi connectivity index (χ3v) is 0.604. The van der Waals surface area contributed by atoms with E-state index in [2.05, 4.69) is 5.32 Å². The van der Waals surface area contributed by atoms with Crippen molar-refractivity contribution in [3.8, 4) is 0 Å². The summed E-state index contributed by atoms with van der Waals surface area (Å²) in [5.41, 5.74) is 0. The Morgan fingerprint density at radius 3 is 1.83 bits per heavy atom. The Hall–Kier alpha value is -0.820. The number of carboxylic acid groups (broad SMARTS) is 1. The normalized spacial score (nSPS) is 10.1. The predicted octanol–water partition coefficient (Wildman–Crippen LogP) is -0.169. The van der Waals surface area contributed by atoms with E-state index in [0.29, 0.717) is 6.54 Å². The molecule has 0 heterocycles. The summed E-state index contributed by atoms with van der Waals surface area (Å²) in [6.45, 7) is 0.927. The number of aliphatic hydroxyl groups is 1. The molecular weight excluding hydrogens is 179 g/mol. The molecule has 0 aliphatic heterocycles. The minimum atomic E-state index is -5.08. The molecule has 0 rings (SSSR count). The number of aliphatic carboxylic acids is 1. The number of carboxylic acids is 1. The SMILES string of the molecule is CNCCO.O=C(O)C(F)(F)F. The van der Waals surface area contributed by atoms with Crippen molar-refractivity contribution in [2.24, 2.45) is 0 Å². The lowest BCUT2D eigenvalue weighted by molar-refractivity contribution is -0.192. The first-order chi connectivity index (χ1) is 5.36. The molecule has 0 unspecified atom stereocenters. The van der Waals surface area contributed by atoms with Gasteiger partial charge in [0.05, 0.1) is 6.61 Å². The molecule has 0 aromatic heterocycles.